The summed E-state index contributed by atoms with van der Waals surface area (Å²) in [5.74, 6) is -1.10. The van der Waals surface area contributed by atoms with E-state index in [0.29, 0.717) is 0 Å². The Kier molecular flexibility index (Phi) is 4.22. The number of carboxylic acid groups (broad SMARTS) is 1. The lowest BCUT2D eigenvalue weighted by molar-refractivity contribution is 0.0702. The molecule has 0 saturated heterocycles. The van der Waals surface area contributed by atoms with Crippen LogP contribution < -0.4 is 4.72 Å². The molecule has 7 heteroatoms. The van der Waals surface area contributed by atoms with Crippen molar-refractivity contribution >= 4 is 27.3 Å². The van der Waals surface area contributed by atoms with Crippen LogP contribution in [-0.4, -0.2) is 25.5 Å². The van der Waals surface area contributed by atoms with Crippen LogP contribution in [0.4, 0.5) is 0 Å². The third-order valence-electron chi connectivity index (χ3n) is 3.62. The fourth-order valence-corrected chi connectivity index (χ4v) is 5.04. The molecule has 5 nitrogen and oxygen atoms in total. The highest BCUT2D eigenvalue weighted by Gasteiger charge is 2.31. The third kappa shape index (κ3) is 3.59. The summed E-state index contributed by atoms with van der Waals surface area (Å²) in [6, 6.07) is 1.14. The Balaban J connectivity index is 2.12. The average Bonchev–Trinajstić information content (AvgIpc) is 2.76. The number of aromatic carboxylic acids is 1. The van der Waals surface area contributed by atoms with Crippen molar-refractivity contribution in [2.75, 3.05) is 0 Å². The largest absolute Gasteiger partial charge is 0.477 e. The molecule has 0 aliphatic heterocycles. The number of nitrogens with one attached hydrogen (secondary N) is 1. The molecule has 1 unspecified atom stereocenters. The van der Waals surface area contributed by atoms with Crippen LogP contribution in [0.25, 0.3) is 0 Å². The lowest BCUT2D eigenvalue weighted by atomic mass is 9.75. The zero-order chi connectivity index (χ0) is 15.0. The Hall–Kier alpha value is -0.920. The highest BCUT2D eigenvalue weighted by atomic mass is 32.2. The fourth-order valence-electron chi connectivity index (χ4n) is 2.66. The van der Waals surface area contributed by atoms with Gasteiger partial charge >= 0.3 is 5.97 Å². The van der Waals surface area contributed by atoms with Crippen molar-refractivity contribution in [3.63, 3.8) is 0 Å². The molecule has 1 fully saturated rings. The van der Waals surface area contributed by atoms with Crippen molar-refractivity contribution in [2.45, 2.75) is 50.5 Å². The van der Waals surface area contributed by atoms with Crippen molar-refractivity contribution in [3.05, 3.63) is 16.3 Å². The van der Waals surface area contributed by atoms with Gasteiger partial charge in [-0.2, -0.15) is 0 Å². The summed E-state index contributed by atoms with van der Waals surface area (Å²) in [7, 11) is -3.63. The van der Waals surface area contributed by atoms with E-state index in [-0.39, 0.29) is 21.2 Å². The van der Waals surface area contributed by atoms with Crippen LogP contribution in [0.2, 0.25) is 0 Å². The molecule has 20 heavy (non-hydrogen) atoms. The molecule has 2 N–H and O–H groups in total. The summed E-state index contributed by atoms with van der Waals surface area (Å²) >= 11 is 0.928. The minimum atomic E-state index is -3.63. The maximum absolute atomic E-state index is 12.2. The molecule has 1 saturated carbocycles. The fraction of sp³-hybridized carbons (Fsp3) is 0.615. The lowest BCUT2D eigenvalue weighted by Crippen LogP contribution is -2.40. The number of sulfonamides is 1. The summed E-state index contributed by atoms with van der Waals surface area (Å²) < 4.78 is 27.2. The molecule has 1 aromatic rings. The maximum Gasteiger partial charge on any atom is 0.345 e. The van der Waals surface area contributed by atoms with Gasteiger partial charge in [-0.05, 0) is 30.7 Å². The number of carbonyl (C=O) groups is 1. The SMILES string of the molecule is CC1(C)CCCC(NS(=O)(=O)c2csc(C(=O)O)c2)C1. The molecule has 0 bridgehead atoms. The average molecular weight is 317 g/mol. The zero-order valence-corrected chi connectivity index (χ0v) is 13.2. The quantitative estimate of drug-likeness (QED) is 0.894. The smallest absolute Gasteiger partial charge is 0.345 e. The highest BCUT2D eigenvalue weighted by molar-refractivity contribution is 7.89. The molecule has 1 aliphatic rings. The lowest BCUT2D eigenvalue weighted by Gasteiger charge is -2.35. The standard InChI is InChI=1S/C13H19NO4S2/c1-13(2)5-3-4-9(7-13)14-20(17,18)10-6-11(12(15)16)19-8-10/h6,8-9,14H,3-5,7H2,1-2H3,(H,15,16). The van der Waals surface area contributed by atoms with Crippen LogP contribution >= 0.6 is 11.3 Å². The minimum absolute atomic E-state index is 0.0364. The number of hydrogen-bond acceptors (Lipinski definition) is 4. The first-order valence-corrected chi connectivity index (χ1v) is 8.90. The van der Waals surface area contributed by atoms with E-state index in [1.807, 2.05) is 0 Å². The molecule has 1 aromatic heterocycles. The van der Waals surface area contributed by atoms with Gasteiger partial charge < -0.3 is 5.11 Å². The van der Waals surface area contributed by atoms with E-state index in [0.717, 1.165) is 37.0 Å². The van der Waals surface area contributed by atoms with E-state index in [2.05, 4.69) is 18.6 Å². The second-order valence-corrected chi connectivity index (χ2v) is 8.66. The molecular formula is C13H19NO4S2. The summed E-state index contributed by atoms with van der Waals surface area (Å²) in [5.41, 5.74) is 0.145. The highest BCUT2D eigenvalue weighted by Crippen LogP contribution is 2.35. The van der Waals surface area contributed by atoms with E-state index in [1.165, 1.54) is 11.4 Å². The first-order valence-electron chi connectivity index (χ1n) is 6.54. The predicted molar refractivity (Wildman–Crippen MR) is 77.6 cm³/mol. The molecule has 0 radical (unpaired) electrons. The maximum atomic E-state index is 12.2. The van der Waals surface area contributed by atoms with Gasteiger partial charge in [-0.1, -0.05) is 20.3 Å². The van der Waals surface area contributed by atoms with Crippen molar-refractivity contribution < 1.29 is 18.3 Å². The van der Waals surface area contributed by atoms with Crippen molar-refractivity contribution in [1.82, 2.24) is 4.72 Å². The monoisotopic (exact) mass is 317 g/mol. The predicted octanol–water partition coefficient (Wildman–Crippen LogP) is 2.69. The molecule has 0 spiro atoms. The van der Waals surface area contributed by atoms with Gasteiger partial charge in [0.1, 0.15) is 4.88 Å². The van der Waals surface area contributed by atoms with Gasteiger partial charge in [0.15, 0.2) is 0 Å². The summed E-state index contributed by atoms with van der Waals surface area (Å²) in [4.78, 5) is 10.9. The van der Waals surface area contributed by atoms with Crippen molar-refractivity contribution in [1.29, 1.82) is 0 Å². The van der Waals surface area contributed by atoms with Crippen LogP contribution in [0.5, 0.6) is 0 Å². The van der Waals surface area contributed by atoms with Crippen molar-refractivity contribution in [3.8, 4) is 0 Å². The number of hydrogen-bond donors (Lipinski definition) is 2. The van der Waals surface area contributed by atoms with Gasteiger partial charge in [-0.25, -0.2) is 17.9 Å². The number of carboxylic acids is 1. The van der Waals surface area contributed by atoms with Gasteiger partial charge in [-0.3, -0.25) is 0 Å². The van der Waals surface area contributed by atoms with Gasteiger partial charge in [0.05, 0.1) is 4.90 Å². The van der Waals surface area contributed by atoms with Crippen LogP contribution in [-0.2, 0) is 10.0 Å². The van der Waals surface area contributed by atoms with Crippen LogP contribution in [0, 0.1) is 5.41 Å². The second-order valence-electron chi connectivity index (χ2n) is 6.03. The van der Waals surface area contributed by atoms with Crippen molar-refractivity contribution in [2.24, 2.45) is 5.41 Å². The summed E-state index contributed by atoms with van der Waals surface area (Å²) in [6.07, 6.45) is 3.75. The molecule has 1 aliphatic carbocycles. The van der Waals surface area contributed by atoms with Gasteiger partial charge in [-0.15, -0.1) is 11.3 Å². The molecule has 1 heterocycles. The molecular weight excluding hydrogens is 298 g/mol. The normalized spacial score (nSPS) is 22.6. The number of thiophene rings is 1. The Bertz CT molecular complexity index is 604. The van der Waals surface area contributed by atoms with E-state index in [4.69, 9.17) is 5.11 Å². The van der Waals surface area contributed by atoms with Crippen LogP contribution in [0.1, 0.15) is 49.2 Å². The number of rotatable bonds is 4. The Morgan fingerprint density at radius 3 is 2.75 bits per heavy atom. The topological polar surface area (TPSA) is 83.5 Å². The van der Waals surface area contributed by atoms with E-state index in [1.54, 1.807) is 0 Å². The third-order valence-corrected chi connectivity index (χ3v) is 6.19. The molecule has 2 rings (SSSR count). The van der Waals surface area contributed by atoms with Gasteiger partial charge in [0.25, 0.3) is 0 Å². The Labute approximate surface area is 123 Å². The van der Waals surface area contributed by atoms with Gasteiger partial charge in [0, 0.05) is 11.4 Å². The molecule has 1 atom stereocenters. The first kappa shape index (κ1) is 15.5. The first-order chi connectivity index (χ1) is 9.20. The minimum Gasteiger partial charge on any atom is -0.477 e. The Morgan fingerprint density at radius 1 is 1.50 bits per heavy atom. The van der Waals surface area contributed by atoms with E-state index < -0.39 is 16.0 Å². The molecule has 112 valence electrons. The second kappa shape index (κ2) is 5.46. The molecule has 0 amide bonds. The molecule has 0 aromatic carbocycles. The van der Waals surface area contributed by atoms with Crippen LogP contribution in [0.15, 0.2) is 16.3 Å². The summed E-state index contributed by atoms with van der Waals surface area (Å²) in [5, 5.41) is 10.2. The van der Waals surface area contributed by atoms with Crippen LogP contribution in [0.3, 0.4) is 0 Å². The summed E-state index contributed by atoms with van der Waals surface area (Å²) in [6.45, 7) is 4.28. The van der Waals surface area contributed by atoms with Gasteiger partial charge in [0.2, 0.25) is 10.0 Å². The zero-order valence-electron chi connectivity index (χ0n) is 11.5. The van der Waals surface area contributed by atoms with E-state index in [9.17, 15) is 13.2 Å². The Morgan fingerprint density at radius 2 is 2.20 bits per heavy atom. The van der Waals surface area contributed by atoms with E-state index >= 15 is 0 Å².